The zero-order chi connectivity index (χ0) is 19.3. The maximum absolute atomic E-state index is 13.1. The Bertz CT molecular complexity index is 1430. The van der Waals surface area contributed by atoms with E-state index in [1.165, 1.54) is 6.92 Å². The monoisotopic (exact) mass is 369 g/mol. The Morgan fingerprint density at radius 3 is 2.57 bits per heavy atom. The Morgan fingerprint density at radius 1 is 1.00 bits per heavy atom. The summed E-state index contributed by atoms with van der Waals surface area (Å²) in [6.45, 7) is 1.45. The summed E-state index contributed by atoms with van der Waals surface area (Å²) < 4.78 is 3.46. The minimum Gasteiger partial charge on any atom is -0.326 e. The van der Waals surface area contributed by atoms with Crippen LogP contribution in [0.4, 0.5) is 5.69 Å². The van der Waals surface area contributed by atoms with Crippen LogP contribution in [0.3, 0.4) is 0 Å². The van der Waals surface area contributed by atoms with E-state index in [0.717, 1.165) is 16.6 Å². The first-order chi connectivity index (χ1) is 13.6. The van der Waals surface area contributed by atoms with Gasteiger partial charge in [-0.15, -0.1) is 0 Å². The minimum absolute atomic E-state index is 0.140. The van der Waals surface area contributed by atoms with Gasteiger partial charge in [-0.25, -0.2) is 9.97 Å². The number of carbonyl (C=O) groups is 1. The molecule has 0 aliphatic heterocycles. The van der Waals surface area contributed by atoms with E-state index in [9.17, 15) is 9.59 Å². The highest BCUT2D eigenvalue weighted by molar-refractivity contribution is 5.89. The van der Waals surface area contributed by atoms with Crippen molar-refractivity contribution in [1.29, 1.82) is 0 Å². The zero-order valence-electron chi connectivity index (χ0n) is 15.0. The first-order valence-electron chi connectivity index (χ1n) is 8.77. The number of rotatable bonds is 2. The molecule has 0 saturated carbocycles. The van der Waals surface area contributed by atoms with Gasteiger partial charge in [0, 0.05) is 30.7 Å². The number of para-hydroxylation sites is 2. The third-order valence-electron chi connectivity index (χ3n) is 4.67. The molecule has 1 amide bonds. The van der Waals surface area contributed by atoms with Crippen molar-refractivity contribution >= 4 is 39.3 Å². The molecule has 5 rings (SSSR count). The largest absolute Gasteiger partial charge is 0.326 e. The molecule has 28 heavy (non-hydrogen) atoms. The van der Waals surface area contributed by atoms with Gasteiger partial charge in [0.15, 0.2) is 0 Å². The number of fused-ring (bicyclic) bond motifs is 5. The summed E-state index contributed by atoms with van der Waals surface area (Å²) in [7, 11) is 0. The Labute approximate surface area is 158 Å². The molecule has 0 spiro atoms. The summed E-state index contributed by atoms with van der Waals surface area (Å²) in [6, 6.07) is 16.7. The Kier molecular flexibility index (Phi) is 3.48. The maximum atomic E-state index is 13.1. The van der Waals surface area contributed by atoms with Gasteiger partial charge in [-0.05, 0) is 42.5 Å². The number of hydrogen-bond donors (Lipinski definition) is 1. The average Bonchev–Trinajstić information content (AvgIpc) is 3.08. The van der Waals surface area contributed by atoms with Crippen LogP contribution < -0.4 is 10.9 Å². The van der Waals surface area contributed by atoms with Crippen molar-refractivity contribution in [2.45, 2.75) is 6.92 Å². The van der Waals surface area contributed by atoms with Crippen molar-refractivity contribution in [2.24, 2.45) is 0 Å². The molecule has 0 unspecified atom stereocenters. The molecule has 0 aliphatic carbocycles. The fourth-order valence-electron chi connectivity index (χ4n) is 3.43. The molecular weight excluding hydrogens is 354 g/mol. The standard InChI is InChI=1S/C21H15N5O2/c1-13(27)23-14-6-8-15(9-7-14)25-11-10-18-16(20(25)28)12-22-21-24-17-4-2-3-5-19(17)26(18)21/h2-12H,1H3,(H,23,27). The van der Waals surface area contributed by atoms with Gasteiger partial charge in [0.05, 0.1) is 21.9 Å². The minimum atomic E-state index is -0.169. The van der Waals surface area contributed by atoms with Crippen molar-refractivity contribution in [2.75, 3.05) is 5.32 Å². The van der Waals surface area contributed by atoms with Crippen LogP contribution in [0.25, 0.3) is 33.4 Å². The van der Waals surface area contributed by atoms with Crippen LogP contribution >= 0.6 is 0 Å². The molecule has 3 heterocycles. The lowest BCUT2D eigenvalue weighted by atomic mass is 10.2. The molecule has 3 aromatic heterocycles. The summed E-state index contributed by atoms with van der Waals surface area (Å²) in [5.74, 6) is 0.420. The van der Waals surface area contributed by atoms with Crippen molar-refractivity contribution < 1.29 is 4.79 Å². The molecule has 7 nitrogen and oxygen atoms in total. The SMILES string of the molecule is CC(=O)Nc1ccc(-n2ccc3c(cnc4nc5ccccc5n43)c2=O)cc1. The highest BCUT2D eigenvalue weighted by atomic mass is 16.1. The lowest BCUT2D eigenvalue weighted by molar-refractivity contribution is -0.114. The Morgan fingerprint density at radius 2 is 1.79 bits per heavy atom. The van der Waals surface area contributed by atoms with Gasteiger partial charge in [-0.3, -0.25) is 18.6 Å². The van der Waals surface area contributed by atoms with Crippen LogP contribution in [0.15, 0.2) is 71.8 Å². The van der Waals surface area contributed by atoms with E-state index in [2.05, 4.69) is 15.3 Å². The van der Waals surface area contributed by atoms with Gasteiger partial charge in [0.25, 0.3) is 5.56 Å². The molecule has 0 fully saturated rings. The number of benzene rings is 2. The quantitative estimate of drug-likeness (QED) is 0.518. The summed E-state index contributed by atoms with van der Waals surface area (Å²) in [4.78, 5) is 33.2. The molecule has 2 aromatic carbocycles. The molecule has 136 valence electrons. The average molecular weight is 369 g/mol. The topological polar surface area (TPSA) is 81.3 Å². The van der Waals surface area contributed by atoms with Crippen molar-refractivity contribution in [3.8, 4) is 5.69 Å². The summed E-state index contributed by atoms with van der Waals surface area (Å²) in [6.07, 6.45) is 3.31. The van der Waals surface area contributed by atoms with Gasteiger partial charge in [-0.1, -0.05) is 12.1 Å². The molecule has 0 radical (unpaired) electrons. The number of nitrogens with zero attached hydrogens (tertiary/aromatic N) is 4. The third-order valence-corrected chi connectivity index (χ3v) is 4.67. The first kappa shape index (κ1) is 16.2. The molecule has 1 N–H and O–H groups in total. The van der Waals surface area contributed by atoms with E-state index in [-0.39, 0.29) is 11.5 Å². The molecule has 7 heteroatoms. The Balaban J connectivity index is 1.71. The highest BCUT2D eigenvalue weighted by Crippen LogP contribution is 2.20. The number of carbonyl (C=O) groups excluding carboxylic acids is 1. The third kappa shape index (κ3) is 2.44. The zero-order valence-corrected chi connectivity index (χ0v) is 15.0. The molecule has 0 atom stereocenters. The fraction of sp³-hybridized carbons (Fsp3) is 0.0476. The summed E-state index contributed by atoms with van der Waals surface area (Å²) >= 11 is 0. The summed E-state index contributed by atoms with van der Waals surface area (Å²) in [5.41, 5.74) is 3.72. The summed E-state index contributed by atoms with van der Waals surface area (Å²) in [5, 5.41) is 3.22. The van der Waals surface area contributed by atoms with Crippen LogP contribution in [0.5, 0.6) is 0 Å². The number of hydrogen-bond acceptors (Lipinski definition) is 4. The van der Waals surface area contributed by atoms with E-state index in [4.69, 9.17) is 0 Å². The number of amides is 1. The van der Waals surface area contributed by atoms with Crippen LogP contribution in [0, 0.1) is 0 Å². The van der Waals surface area contributed by atoms with Gasteiger partial charge < -0.3 is 5.32 Å². The smallest absolute Gasteiger partial charge is 0.266 e. The normalized spacial score (nSPS) is 11.3. The highest BCUT2D eigenvalue weighted by Gasteiger charge is 2.12. The van der Waals surface area contributed by atoms with E-state index in [1.54, 1.807) is 41.2 Å². The molecule has 5 aromatic rings. The van der Waals surface area contributed by atoms with Crippen molar-refractivity contribution in [1.82, 2.24) is 18.9 Å². The molecule has 0 aliphatic rings. The maximum Gasteiger partial charge on any atom is 0.266 e. The van der Waals surface area contributed by atoms with E-state index < -0.39 is 0 Å². The number of nitrogens with one attached hydrogen (secondary N) is 1. The second-order valence-electron chi connectivity index (χ2n) is 6.51. The predicted octanol–water partition coefficient (Wildman–Crippen LogP) is 3.15. The number of anilines is 1. The van der Waals surface area contributed by atoms with Gasteiger partial charge >= 0.3 is 0 Å². The van der Waals surface area contributed by atoms with E-state index in [0.29, 0.717) is 22.5 Å². The lowest BCUT2D eigenvalue weighted by Crippen LogP contribution is -2.18. The van der Waals surface area contributed by atoms with Crippen LogP contribution in [0.1, 0.15) is 6.92 Å². The second kappa shape index (κ2) is 6.02. The number of aromatic nitrogens is 4. The molecular formula is C21H15N5O2. The van der Waals surface area contributed by atoms with Crippen molar-refractivity contribution in [3.05, 3.63) is 77.3 Å². The van der Waals surface area contributed by atoms with Gasteiger partial charge in [0.2, 0.25) is 11.7 Å². The predicted molar refractivity (Wildman–Crippen MR) is 108 cm³/mol. The van der Waals surface area contributed by atoms with Crippen LogP contribution in [-0.4, -0.2) is 24.8 Å². The Hall–Kier alpha value is -4.00. The van der Waals surface area contributed by atoms with Crippen LogP contribution in [-0.2, 0) is 4.79 Å². The molecule has 0 saturated heterocycles. The first-order valence-corrected chi connectivity index (χ1v) is 8.77. The molecule has 0 bridgehead atoms. The van der Waals surface area contributed by atoms with Gasteiger partial charge in [0.1, 0.15) is 0 Å². The number of pyridine rings is 1. The van der Waals surface area contributed by atoms with Crippen molar-refractivity contribution in [3.63, 3.8) is 0 Å². The van der Waals surface area contributed by atoms with Gasteiger partial charge in [-0.2, -0.15) is 0 Å². The van der Waals surface area contributed by atoms with E-state index >= 15 is 0 Å². The fourth-order valence-corrected chi connectivity index (χ4v) is 3.43. The number of imidazole rings is 1. The van der Waals surface area contributed by atoms with E-state index in [1.807, 2.05) is 34.7 Å². The van der Waals surface area contributed by atoms with Crippen LogP contribution in [0.2, 0.25) is 0 Å². The second-order valence-corrected chi connectivity index (χ2v) is 6.51. The lowest BCUT2D eigenvalue weighted by Gasteiger charge is -2.09.